The minimum Gasteiger partial charge on any atom is -0.390 e. The molecule has 0 spiro atoms. The fraction of sp³-hybridized carbons (Fsp3) is 0.0769. The molecule has 0 saturated carbocycles. The van der Waals surface area contributed by atoms with Crippen molar-refractivity contribution in [1.29, 1.82) is 0 Å². The van der Waals surface area contributed by atoms with Gasteiger partial charge in [0.2, 0.25) is 0 Å². The van der Waals surface area contributed by atoms with Crippen LogP contribution in [-0.2, 0) is 6.61 Å². The van der Waals surface area contributed by atoms with Crippen LogP contribution in [0.15, 0.2) is 42.9 Å². The molecule has 18 heavy (non-hydrogen) atoms. The van der Waals surface area contributed by atoms with Gasteiger partial charge >= 0.3 is 0 Å². The zero-order valence-electron chi connectivity index (χ0n) is 9.42. The maximum atomic E-state index is 13.2. The molecule has 0 saturated heterocycles. The first-order valence-electron chi connectivity index (χ1n) is 5.47. The normalized spacial score (nSPS) is 11.0. The summed E-state index contributed by atoms with van der Waals surface area (Å²) in [6, 6.07) is 6.54. The Morgan fingerprint density at radius 2 is 1.94 bits per heavy atom. The molecule has 0 aliphatic rings. The van der Waals surface area contributed by atoms with E-state index in [-0.39, 0.29) is 12.4 Å². The van der Waals surface area contributed by atoms with E-state index in [0.29, 0.717) is 17.0 Å². The van der Waals surface area contributed by atoms with Gasteiger partial charge in [-0.1, -0.05) is 0 Å². The zero-order chi connectivity index (χ0) is 12.5. The minimum absolute atomic E-state index is 0.206. The molecule has 0 aliphatic heterocycles. The van der Waals surface area contributed by atoms with E-state index in [4.69, 9.17) is 0 Å². The second-order valence-electron chi connectivity index (χ2n) is 3.88. The highest BCUT2D eigenvalue weighted by atomic mass is 19.1. The quantitative estimate of drug-likeness (QED) is 0.749. The molecule has 0 fully saturated rings. The molecule has 0 radical (unpaired) electrons. The van der Waals surface area contributed by atoms with E-state index >= 15 is 0 Å². The van der Waals surface area contributed by atoms with E-state index in [9.17, 15) is 9.50 Å². The van der Waals surface area contributed by atoms with Gasteiger partial charge in [-0.3, -0.25) is 9.38 Å². The van der Waals surface area contributed by atoms with E-state index in [1.807, 2.05) is 0 Å². The maximum absolute atomic E-state index is 13.2. The van der Waals surface area contributed by atoms with Crippen molar-refractivity contribution in [2.24, 2.45) is 0 Å². The summed E-state index contributed by atoms with van der Waals surface area (Å²) in [5.41, 5.74) is 2.66. The molecule has 4 nitrogen and oxygen atoms in total. The van der Waals surface area contributed by atoms with Crippen LogP contribution >= 0.6 is 0 Å². The summed E-state index contributed by atoms with van der Waals surface area (Å²) >= 11 is 0. The molecule has 3 aromatic heterocycles. The van der Waals surface area contributed by atoms with E-state index in [1.165, 1.54) is 12.3 Å². The van der Waals surface area contributed by atoms with Gasteiger partial charge < -0.3 is 5.11 Å². The first kappa shape index (κ1) is 10.9. The van der Waals surface area contributed by atoms with Crippen molar-refractivity contribution >= 4 is 5.65 Å². The topological polar surface area (TPSA) is 50.4 Å². The second kappa shape index (κ2) is 4.19. The highest BCUT2D eigenvalue weighted by molar-refractivity contribution is 5.65. The molecule has 0 atom stereocenters. The number of aliphatic hydroxyl groups is 1. The first-order chi connectivity index (χ1) is 8.79. The van der Waals surface area contributed by atoms with Gasteiger partial charge in [0, 0.05) is 24.2 Å². The highest BCUT2D eigenvalue weighted by Crippen LogP contribution is 2.24. The van der Waals surface area contributed by atoms with Crippen LogP contribution in [0.1, 0.15) is 5.69 Å². The summed E-state index contributed by atoms with van der Waals surface area (Å²) in [4.78, 5) is 8.34. The average molecular weight is 243 g/mol. The third kappa shape index (κ3) is 1.65. The third-order valence-electron chi connectivity index (χ3n) is 2.78. The molecular weight excluding hydrogens is 233 g/mol. The zero-order valence-corrected chi connectivity index (χ0v) is 9.42. The second-order valence-corrected chi connectivity index (χ2v) is 3.88. The summed E-state index contributed by atoms with van der Waals surface area (Å²) in [7, 11) is 0. The van der Waals surface area contributed by atoms with Gasteiger partial charge in [-0.05, 0) is 24.3 Å². The number of hydrogen-bond acceptors (Lipinski definition) is 3. The Morgan fingerprint density at radius 3 is 2.67 bits per heavy atom. The predicted octanol–water partition coefficient (Wildman–Crippen LogP) is 2.03. The molecule has 1 N–H and O–H groups in total. The van der Waals surface area contributed by atoms with Crippen molar-refractivity contribution in [2.75, 3.05) is 0 Å². The molecule has 0 amide bonds. The average Bonchev–Trinajstić information content (AvgIpc) is 2.77. The summed E-state index contributed by atoms with van der Waals surface area (Å²) in [5, 5.41) is 9.46. The molecule has 5 heteroatoms. The Bertz CT molecular complexity index is 694. The van der Waals surface area contributed by atoms with Crippen LogP contribution in [0, 0.1) is 5.82 Å². The predicted molar refractivity (Wildman–Crippen MR) is 64.3 cm³/mol. The van der Waals surface area contributed by atoms with Crippen LogP contribution in [-0.4, -0.2) is 19.5 Å². The van der Waals surface area contributed by atoms with Crippen molar-refractivity contribution in [3.63, 3.8) is 0 Å². The number of imidazole rings is 1. The Balaban J connectivity index is 2.30. The summed E-state index contributed by atoms with van der Waals surface area (Å²) < 4.78 is 14.8. The molecule has 0 bridgehead atoms. The SMILES string of the molecule is OCc1c(-c2ccncc2)nc2ccc(F)cn12. The van der Waals surface area contributed by atoms with Crippen LogP contribution < -0.4 is 0 Å². The van der Waals surface area contributed by atoms with Crippen LogP contribution in [0.3, 0.4) is 0 Å². The lowest BCUT2D eigenvalue weighted by atomic mass is 10.1. The summed E-state index contributed by atoms with van der Waals surface area (Å²) in [5.74, 6) is -0.365. The van der Waals surface area contributed by atoms with Gasteiger partial charge in [-0.15, -0.1) is 0 Å². The lowest BCUT2D eigenvalue weighted by molar-refractivity contribution is 0.276. The monoisotopic (exact) mass is 243 g/mol. The molecule has 3 heterocycles. The number of halogens is 1. The molecular formula is C13H10FN3O. The summed E-state index contributed by atoms with van der Waals surface area (Å²) in [6.45, 7) is -0.206. The Morgan fingerprint density at radius 1 is 1.17 bits per heavy atom. The number of pyridine rings is 2. The lowest BCUT2D eigenvalue weighted by Crippen LogP contribution is -1.95. The molecule has 0 unspecified atom stereocenters. The van der Waals surface area contributed by atoms with Gasteiger partial charge in [0.15, 0.2) is 0 Å². The molecule has 3 rings (SSSR count). The largest absolute Gasteiger partial charge is 0.390 e. The standard InChI is InChI=1S/C13H10FN3O/c14-10-1-2-12-16-13(9-3-5-15-6-4-9)11(8-18)17(12)7-10/h1-7,18H,8H2. The number of aromatic nitrogens is 3. The van der Waals surface area contributed by atoms with Gasteiger partial charge in [0.05, 0.1) is 18.0 Å². The molecule has 0 aliphatic carbocycles. The minimum atomic E-state index is -0.365. The Kier molecular flexibility index (Phi) is 2.53. The lowest BCUT2D eigenvalue weighted by Gasteiger charge is -2.01. The first-order valence-corrected chi connectivity index (χ1v) is 5.47. The van der Waals surface area contributed by atoms with Crippen molar-refractivity contribution in [2.45, 2.75) is 6.61 Å². The van der Waals surface area contributed by atoms with Crippen LogP contribution in [0.25, 0.3) is 16.9 Å². The smallest absolute Gasteiger partial charge is 0.139 e. The van der Waals surface area contributed by atoms with Gasteiger partial charge in [0.1, 0.15) is 11.5 Å². The molecule has 3 aromatic rings. The van der Waals surface area contributed by atoms with E-state index in [1.54, 1.807) is 35.0 Å². The molecule has 90 valence electrons. The number of rotatable bonds is 2. The Hall–Kier alpha value is -2.27. The maximum Gasteiger partial charge on any atom is 0.139 e. The van der Waals surface area contributed by atoms with E-state index < -0.39 is 0 Å². The highest BCUT2D eigenvalue weighted by Gasteiger charge is 2.13. The number of nitrogens with zero attached hydrogens (tertiary/aromatic N) is 3. The van der Waals surface area contributed by atoms with Crippen LogP contribution in [0.2, 0.25) is 0 Å². The van der Waals surface area contributed by atoms with Crippen LogP contribution in [0.4, 0.5) is 4.39 Å². The number of hydrogen-bond donors (Lipinski definition) is 1. The summed E-state index contributed by atoms with van der Waals surface area (Å²) in [6.07, 6.45) is 4.63. The van der Waals surface area contributed by atoms with Gasteiger partial charge in [-0.2, -0.15) is 0 Å². The third-order valence-corrected chi connectivity index (χ3v) is 2.78. The number of aliphatic hydroxyl groups excluding tert-OH is 1. The van der Waals surface area contributed by atoms with Crippen molar-refractivity contribution in [3.05, 3.63) is 54.4 Å². The Labute approximate surface area is 102 Å². The van der Waals surface area contributed by atoms with Gasteiger partial charge in [0.25, 0.3) is 0 Å². The number of fused-ring (bicyclic) bond motifs is 1. The van der Waals surface area contributed by atoms with E-state index in [0.717, 1.165) is 5.56 Å². The van der Waals surface area contributed by atoms with Crippen molar-refractivity contribution < 1.29 is 9.50 Å². The molecule has 0 aromatic carbocycles. The van der Waals surface area contributed by atoms with Crippen LogP contribution in [0.5, 0.6) is 0 Å². The fourth-order valence-corrected chi connectivity index (χ4v) is 1.96. The van der Waals surface area contributed by atoms with Crippen molar-refractivity contribution in [1.82, 2.24) is 14.4 Å². The fourth-order valence-electron chi connectivity index (χ4n) is 1.96. The van der Waals surface area contributed by atoms with Crippen molar-refractivity contribution in [3.8, 4) is 11.3 Å². The van der Waals surface area contributed by atoms with Gasteiger partial charge in [-0.25, -0.2) is 9.37 Å². The van der Waals surface area contributed by atoms with E-state index in [2.05, 4.69) is 9.97 Å².